The van der Waals surface area contributed by atoms with Gasteiger partial charge in [0.15, 0.2) is 0 Å². The van der Waals surface area contributed by atoms with Gasteiger partial charge in [-0.1, -0.05) is 13.3 Å². The molecule has 15 heavy (non-hydrogen) atoms. The molecule has 0 bridgehead atoms. The van der Waals surface area contributed by atoms with Crippen LogP contribution in [0.1, 0.15) is 51.9 Å². The number of aliphatic hydroxyl groups excluding tert-OH is 2. The van der Waals surface area contributed by atoms with Crippen molar-refractivity contribution in [1.82, 2.24) is 0 Å². The minimum atomic E-state index is -0.0750. The van der Waals surface area contributed by atoms with Gasteiger partial charge < -0.3 is 10.2 Å². The lowest BCUT2D eigenvalue weighted by molar-refractivity contribution is -0.00535. The van der Waals surface area contributed by atoms with Crippen LogP contribution in [0, 0.1) is 17.8 Å². The van der Waals surface area contributed by atoms with Crippen LogP contribution in [-0.4, -0.2) is 22.4 Å². The van der Waals surface area contributed by atoms with Crippen molar-refractivity contribution < 1.29 is 10.2 Å². The van der Waals surface area contributed by atoms with Crippen LogP contribution in [0.2, 0.25) is 0 Å². The normalized spacial score (nSPS) is 47.8. The molecule has 0 saturated heterocycles. The Bertz CT molecular complexity index is 197. The summed E-state index contributed by atoms with van der Waals surface area (Å²) in [4.78, 5) is 0. The Kier molecular flexibility index (Phi) is 3.68. The van der Waals surface area contributed by atoms with E-state index in [2.05, 4.69) is 6.92 Å². The number of aliphatic hydroxyl groups is 2. The predicted octanol–water partition coefficient (Wildman–Crippen LogP) is 2.33. The zero-order valence-corrected chi connectivity index (χ0v) is 9.73. The summed E-state index contributed by atoms with van der Waals surface area (Å²) < 4.78 is 0. The zero-order valence-electron chi connectivity index (χ0n) is 9.73. The minimum Gasteiger partial charge on any atom is -0.393 e. The second-order valence-electron chi connectivity index (χ2n) is 5.72. The maximum absolute atomic E-state index is 10.1. The van der Waals surface area contributed by atoms with Gasteiger partial charge in [0.2, 0.25) is 0 Å². The standard InChI is InChI=1S/C13H24O2/c1-9-2-7-12(13(15)8-9)10-3-5-11(14)6-4-10/h9-15H,2-8H2,1H3. The highest BCUT2D eigenvalue weighted by molar-refractivity contribution is 4.85. The van der Waals surface area contributed by atoms with E-state index < -0.39 is 0 Å². The van der Waals surface area contributed by atoms with E-state index in [1.165, 1.54) is 12.8 Å². The van der Waals surface area contributed by atoms with Crippen molar-refractivity contribution in [1.29, 1.82) is 0 Å². The Hall–Kier alpha value is -0.0800. The predicted molar refractivity (Wildman–Crippen MR) is 60.5 cm³/mol. The van der Waals surface area contributed by atoms with Gasteiger partial charge in [-0.25, -0.2) is 0 Å². The first-order valence-corrected chi connectivity index (χ1v) is 6.53. The lowest BCUT2D eigenvalue weighted by atomic mass is 9.69. The summed E-state index contributed by atoms with van der Waals surface area (Å²) in [6.07, 6.45) is 7.46. The van der Waals surface area contributed by atoms with E-state index >= 15 is 0 Å². The van der Waals surface area contributed by atoms with Crippen molar-refractivity contribution in [2.45, 2.75) is 64.1 Å². The Labute approximate surface area is 92.7 Å². The van der Waals surface area contributed by atoms with Crippen molar-refractivity contribution >= 4 is 0 Å². The Morgan fingerprint density at radius 3 is 2.13 bits per heavy atom. The number of hydrogen-bond donors (Lipinski definition) is 2. The second-order valence-corrected chi connectivity index (χ2v) is 5.72. The lowest BCUT2D eigenvalue weighted by Crippen LogP contribution is -2.36. The molecule has 0 aromatic carbocycles. The molecule has 0 amide bonds. The summed E-state index contributed by atoms with van der Waals surface area (Å²) in [6.45, 7) is 2.24. The van der Waals surface area contributed by atoms with E-state index in [9.17, 15) is 10.2 Å². The average Bonchev–Trinajstić information content (AvgIpc) is 2.20. The van der Waals surface area contributed by atoms with Gasteiger partial charge in [0.1, 0.15) is 0 Å². The summed E-state index contributed by atoms with van der Waals surface area (Å²) >= 11 is 0. The lowest BCUT2D eigenvalue weighted by Gasteiger charge is -2.39. The summed E-state index contributed by atoms with van der Waals surface area (Å²) in [5.74, 6) is 1.90. The maximum atomic E-state index is 10.1. The molecule has 0 heterocycles. The van der Waals surface area contributed by atoms with Gasteiger partial charge >= 0.3 is 0 Å². The van der Waals surface area contributed by atoms with Crippen molar-refractivity contribution in [2.24, 2.45) is 17.8 Å². The Morgan fingerprint density at radius 1 is 0.867 bits per heavy atom. The van der Waals surface area contributed by atoms with Crippen LogP contribution in [0.4, 0.5) is 0 Å². The van der Waals surface area contributed by atoms with E-state index in [1.54, 1.807) is 0 Å². The van der Waals surface area contributed by atoms with E-state index in [0.29, 0.717) is 17.8 Å². The van der Waals surface area contributed by atoms with E-state index in [4.69, 9.17) is 0 Å². The van der Waals surface area contributed by atoms with Crippen molar-refractivity contribution in [3.8, 4) is 0 Å². The second kappa shape index (κ2) is 4.84. The first-order chi connectivity index (χ1) is 7.16. The summed E-state index contributed by atoms with van der Waals surface area (Å²) in [6, 6.07) is 0. The van der Waals surface area contributed by atoms with Gasteiger partial charge in [-0.05, 0) is 56.3 Å². The third kappa shape index (κ3) is 2.73. The molecule has 2 aliphatic rings. The Morgan fingerprint density at radius 2 is 1.53 bits per heavy atom. The highest BCUT2D eigenvalue weighted by Gasteiger charge is 2.34. The van der Waals surface area contributed by atoms with Gasteiger partial charge in [-0.2, -0.15) is 0 Å². The van der Waals surface area contributed by atoms with E-state index in [1.807, 2.05) is 0 Å². The van der Waals surface area contributed by atoms with Crippen LogP contribution in [0.25, 0.3) is 0 Å². The molecular formula is C13H24O2. The molecule has 2 saturated carbocycles. The van der Waals surface area contributed by atoms with Crippen LogP contribution in [0.15, 0.2) is 0 Å². The fraction of sp³-hybridized carbons (Fsp3) is 1.00. The molecule has 3 unspecified atom stereocenters. The molecule has 0 aromatic rings. The SMILES string of the molecule is CC1CCC(C2CCC(O)CC2)C(O)C1. The van der Waals surface area contributed by atoms with Crippen molar-refractivity contribution in [3.05, 3.63) is 0 Å². The molecule has 0 radical (unpaired) electrons. The van der Waals surface area contributed by atoms with Gasteiger partial charge in [-0.3, -0.25) is 0 Å². The largest absolute Gasteiger partial charge is 0.393 e. The quantitative estimate of drug-likeness (QED) is 0.700. The number of rotatable bonds is 1. The fourth-order valence-corrected chi connectivity index (χ4v) is 3.45. The third-order valence-corrected chi connectivity index (χ3v) is 4.48. The number of hydrogen-bond acceptors (Lipinski definition) is 2. The van der Waals surface area contributed by atoms with Crippen molar-refractivity contribution in [3.63, 3.8) is 0 Å². The molecule has 2 rings (SSSR count). The minimum absolute atomic E-state index is 0.0686. The van der Waals surface area contributed by atoms with Gasteiger partial charge in [0.25, 0.3) is 0 Å². The monoisotopic (exact) mass is 212 g/mol. The molecule has 2 fully saturated rings. The first kappa shape index (κ1) is 11.4. The van der Waals surface area contributed by atoms with Crippen molar-refractivity contribution in [2.75, 3.05) is 0 Å². The van der Waals surface area contributed by atoms with Gasteiger partial charge in [0.05, 0.1) is 12.2 Å². The Balaban J connectivity index is 1.87. The van der Waals surface area contributed by atoms with Gasteiger partial charge in [0, 0.05) is 0 Å². The first-order valence-electron chi connectivity index (χ1n) is 6.53. The highest BCUT2D eigenvalue weighted by Crippen LogP contribution is 2.39. The highest BCUT2D eigenvalue weighted by atomic mass is 16.3. The van der Waals surface area contributed by atoms with Crippen LogP contribution in [0.3, 0.4) is 0 Å². The molecule has 0 aliphatic heterocycles. The molecule has 88 valence electrons. The topological polar surface area (TPSA) is 40.5 Å². The zero-order chi connectivity index (χ0) is 10.8. The van der Waals surface area contributed by atoms with E-state index in [-0.39, 0.29) is 12.2 Å². The van der Waals surface area contributed by atoms with Crippen LogP contribution in [0.5, 0.6) is 0 Å². The molecule has 2 nitrogen and oxygen atoms in total. The maximum Gasteiger partial charge on any atom is 0.0573 e. The molecular weight excluding hydrogens is 188 g/mol. The fourth-order valence-electron chi connectivity index (χ4n) is 3.45. The van der Waals surface area contributed by atoms with Crippen LogP contribution in [-0.2, 0) is 0 Å². The third-order valence-electron chi connectivity index (χ3n) is 4.48. The summed E-state index contributed by atoms with van der Waals surface area (Å²) in [7, 11) is 0. The molecule has 0 aromatic heterocycles. The molecule has 0 spiro atoms. The van der Waals surface area contributed by atoms with E-state index in [0.717, 1.165) is 32.1 Å². The molecule has 2 heteroatoms. The molecule has 2 N–H and O–H groups in total. The van der Waals surface area contributed by atoms with Gasteiger partial charge in [-0.15, -0.1) is 0 Å². The summed E-state index contributed by atoms with van der Waals surface area (Å²) in [5, 5.41) is 19.6. The smallest absolute Gasteiger partial charge is 0.0573 e. The van der Waals surface area contributed by atoms with Crippen LogP contribution >= 0.6 is 0 Å². The summed E-state index contributed by atoms with van der Waals surface area (Å²) in [5.41, 5.74) is 0. The average molecular weight is 212 g/mol. The molecule has 2 aliphatic carbocycles. The molecule has 3 atom stereocenters. The van der Waals surface area contributed by atoms with Crippen LogP contribution < -0.4 is 0 Å².